The van der Waals surface area contributed by atoms with Gasteiger partial charge in [0.2, 0.25) is 0 Å². The van der Waals surface area contributed by atoms with Gasteiger partial charge < -0.3 is 16.0 Å². The molecule has 0 saturated heterocycles. The number of nitrogens with zero attached hydrogens (tertiary/aromatic N) is 2. The predicted molar refractivity (Wildman–Crippen MR) is 95.1 cm³/mol. The van der Waals surface area contributed by atoms with E-state index in [1.165, 1.54) is 24.5 Å². The van der Waals surface area contributed by atoms with Crippen LogP contribution >= 0.6 is 0 Å². The summed E-state index contributed by atoms with van der Waals surface area (Å²) in [5.74, 6) is -1.32. The molecule has 138 valence electrons. The number of halogens is 1. The molecule has 2 amide bonds. The van der Waals surface area contributed by atoms with Crippen molar-refractivity contribution in [3.8, 4) is 0 Å². The zero-order chi connectivity index (χ0) is 18.8. The number of rotatable bonds is 9. The number of hydrogen-bond donors (Lipinski definition) is 3. The molecule has 0 aliphatic carbocycles. The Morgan fingerprint density at radius 2 is 1.54 bits per heavy atom. The van der Waals surface area contributed by atoms with Gasteiger partial charge >= 0.3 is 0 Å². The lowest BCUT2D eigenvalue weighted by molar-refractivity contribution is 0.0910. The van der Waals surface area contributed by atoms with Gasteiger partial charge in [0, 0.05) is 32.0 Å². The minimum absolute atomic E-state index is 0.0282. The summed E-state index contributed by atoms with van der Waals surface area (Å²) in [7, 11) is 0. The van der Waals surface area contributed by atoms with Crippen molar-refractivity contribution in [3.63, 3.8) is 0 Å². The standard InChI is InChI=1S/C18H22FN5O2/c1-2-7-20-8-9-23-17(25)15-16(22-11-10-21-15)18(26)24-12-13-3-5-14(19)6-4-13/h3-6,10-11,20H,2,7-9,12H2,1H3,(H,23,25)(H,24,26). The van der Waals surface area contributed by atoms with E-state index < -0.39 is 11.8 Å². The number of nitrogens with one attached hydrogen (secondary N) is 3. The van der Waals surface area contributed by atoms with Gasteiger partial charge in [0.05, 0.1) is 0 Å². The van der Waals surface area contributed by atoms with E-state index in [0.29, 0.717) is 13.1 Å². The van der Waals surface area contributed by atoms with Crippen LogP contribution in [0.1, 0.15) is 39.9 Å². The molecule has 1 aromatic carbocycles. The Morgan fingerprint density at radius 3 is 2.15 bits per heavy atom. The Balaban J connectivity index is 1.94. The average molecular weight is 359 g/mol. The van der Waals surface area contributed by atoms with Crippen molar-refractivity contribution in [2.24, 2.45) is 0 Å². The normalized spacial score (nSPS) is 10.4. The van der Waals surface area contributed by atoms with Crippen LogP contribution in [0.5, 0.6) is 0 Å². The Bertz CT molecular complexity index is 737. The highest BCUT2D eigenvalue weighted by atomic mass is 19.1. The van der Waals surface area contributed by atoms with Crippen molar-refractivity contribution in [2.45, 2.75) is 19.9 Å². The highest BCUT2D eigenvalue weighted by Crippen LogP contribution is 2.05. The zero-order valence-corrected chi connectivity index (χ0v) is 14.6. The highest BCUT2D eigenvalue weighted by molar-refractivity contribution is 6.04. The number of aromatic nitrogens is 2. The fraction of sp³-hybridized carbons (Fsp3) is 0.333. The molecule has 7 nitrogen and oxygen atoms in total. The summed E-state index contributed by atoms with van der Waals surface area (Å²) in [6.45, 7) is 4.18. The third-order valence-electron chi connectivity index (χ3n) is 3.51. The van der Waals surface area contributed by atoms with Gasteiger partial charge in [-0.2, -0.15) is 0 Å². The van der Waals surface area contributed by atoms with Crippen LogP contribution in [0.15, 0.2) is 36.7 Å². The largest absolute Gasteiger partial charge is 0.349 e. The molecule has 2 aromatic rings. The van der Waals surface area contributed by atoms with Crippen molar-refractivity contribution in [1.29, 1.82) is 0 Å². The van der Waals surface area contributed by atoms with Gasteiger partial charge in [0.15, 0.2) is 11.4 Å². The predicted octanol–water partition coefficient (Wildman–Crippen LogP) is 1.28. The molecule has 3 N–H and O–H groups in total. The Kier molecular flexibility index (Phi) is 7.63. The molecule has 0 radical (unpaired) electrons. The molecular weight excluding hydrogens is 337 g/mol. The maximum atomic E-state index is 12.9. The second kappa shape index (κ2) is 10.2. The maximum Gasteiger partial charge on any atom is 0.272 e. The summed E-state index contributed by atoms with van der Waals surface area (Å²) >= 11 is 0. The van der Waals surface area contributed by atoms with E-state index in [1.54, 1.807) is 12.1 Å². The molecule has 0 bridgehead atoms. The van der Waals surface area contributed by atoms with Gasteiger partial charge in [0.1, 0.15) is 5.82 Å². The summed E-state index contributed by atoms with van der Waals surface area (Å²) in [5, 5.41) is 8.53. The van der Waals surface area contributed by atoms with Gasteiger partial charge in [-0.1, -0.05) is 19.1 Å². The van der Waals surface area contributed by atoms with Crippen LogP contribution in [0.2, 0.25) is 0 Å². The molecule has 1 aromatic heterocycles. The summed E-state index contributed by atoms with van der Waals surface area (Å²) in [6.07, 6.45) is 3.73. The minimum atomic E-state index is -0.517. The van der Waals surface area contributed by atoms with Gasteiger partial charge in [-0.25, -0.2) is 14.4 Å². The maximum absolute atomic E-state index is 12.9. The van der Waals surface area contributed by atoms with E-state index in [2.05, 4.69) is 32.8 Å². The molecule has 0 spiro atoms. The van der Waals surface area contributed by atoms with Gasteiger partial charge in [-0.3, -0.25) is 9.59 Å². The SMILES string of the molecule is CCCNCCNC(=O)c1nccnc1C(=O)NCc1ccc(F)cc1. The summed E-state index contributed by atoms with van der Waals surface area (Å²) in [6, 6.07) is 5.77. The Labute approximate surface area is 151 Å². The quantitative estimate of drug-likeness (QED) is 0.586. The number of hydrogen-bond acceptors (Lipinski definition) is 5. The van der Waals surface area contributed by atoms with Crippen LogP contribution in [-0.4, -0.2) is 41.4 Å². The van der Waals surface area contributed by atoms with E-state index in [1.807, 2.05) is 0 Å². The van der Waals surface area contributed by atoms with Crippen molar-refractivity contribution in [2.75, 3.05) is 19.6 Å². The summed E-state index contributed by atoms with van der Waals surface area (Å²) < 4.78 is 12.9. The smallest absolute Gasteiger partial charge is 0.272 e. The Hall–Kier alpha value is -2.87. The second-order valence-electron chi connectivity index (χ2n) is 5.57. The van der Waals surface area contributed by atoms with Crippen LogP contribution in [-0.2, 0) is 6.54 Å². The van der Waals surface area contributed by atoms with E-state index >= 15 is 0 Å². The first-order chi connectivity index (χ1) is 12.6. The third-order valence-corrected chi connectivity index (χ3v) is 3.51. The summed E-state index contributed by atoms with van der Waals surface area (Å²) in [4.78, 5) is 32.5. The summed E-state index contributed by atoms with van der Waals surface area (Å²) in [5.41, 5.74) is 0.657. The minimum Gasteiger partial charge on any atom is -0.349 e. The topological polar surface area (TPSA) is 96.0 Å². The molecule has 1 heterocycles. The van der Waals surface area contributed by atoms with Gasteiger partial charge in [-0.15, -0.1) is 0 Å². The highest BCUT2D eigenvalue weighted by Gasteiger charge is 2.19. The van der Waals surface area contributed by atoms with Crippen molar-refractivity contribution >= 4 is 11.8 Å². The molecule has 2 rings (SSSR count). The van der Waals surface area contributed by atoms with Crippen LogP contribution < -0.4 is 16.0 Å². The van der Waals surface area contributed by atoms with Crippen LogP contribution in [0, 0.1) is 5.82 Å². The molecule has 0 atom stereocenters. The molecule has 0 aliphatic rings. The van der Waals surface area contributed by atoms with Crippen LogP contribution in [0.3, 0.4) is 0 Å². The van der Waals surface area contributed by atoms with Crippen molar-refractivity contribution in [3.05, 3.63) is 59.4 Å². The lowest BCUT2D eigenvalue weighted by Gasteiger charge is -2.09. The van der Waals surface area contributed by atoms with Crippen LogP contribution in [0.4, 0.5) is 4.39 Å². The van der Waals surface area contributed by atoms with Crippen molar-refractivity contribution in [1.82, 2.24) is 25.9 Å². The first kappa shape index (κ1) is 19.5. The van der Waals surface area contributed by atoms with E-state index in [4.69, 9.17) is 0 Å². The number of carbonyl (C=O) groups excluding carboxylic acids is 2. The van der Waals surface area contributed by atoms with Crippen LogP contribution in [0.25, 0.3) is 0 Å². The van der Waals surface area contributed by atoms with Gasteiger partial charge in [0.25, 0.3) is 11.8 Å². The Morgan fingerprint density at radius 1 is 0.923 bits per heavy atom. The number of carbonyl (C=O) groups is 2. The molecule has 0 saturated carbocycles. The van der Waals surface area contributed by atoms with Crippen molar-refractivity contribution < 1.29 is 14.0 Å². The van der Waals surface area contributed by atoms with E-state index in [9.17, 15) is 14.0 Å². The number of benzene rings is 1. The lowest BCUT2D eigenvalue weighted by atomic mass is 10.2. The first-order valence-electron chi connectivity index (χ1n) is 8.44. The van der Waals surface area contributed by atoms with Gasteiger partial charge in [-0.05, 0) is 30.7 Å². The second-order valence-corrected chi connectivity index (χ2v) is 5.57. The molecule has 26 heavy (non-hydrogen) atoms. The monoisotopic (exact) mass is 359 g/mol. The van der Waals surface area contributed by atoms with E-state index in [-0.39, 0.29) is 23.7 Å². The van der Waals surface area contributed by atoms with E-state index in [0.717, 1.165) is 18.5 Å². The molecule has 0 fully saturated rings. The number of amides is 2. The molecule has 0 aliphatic heterocycles. The fourth-order valence-corrected chi connectivity index (χ4v) is 2.19. The molecular formula is C18H22FN5O2. The molecule has 8 heteroatoms. The molecule has 0 unspecified atom stereocenters. The lowest BCUT2D eigenvalue weighted by Crippen LogP contribution is -2.35. The fourth-order valence-electron chi connectivity index (χ4n) is 2.19. The zero-order valence-electron chi connectivity index (χ0n) is 14.6. The average Bonchev–Trinajstić information content (AvgIpc) is 2.67. The third kappa shape index (κ3) is 5.89. The first-order valence-corrected chi connectivity index (χ1v) is 8.44.